The van der Waals surface area contributed by atoms with E-state index < -0.39 is 5.97 Å². The highest BCUT2D eigenvalue weighted by molar-refractivity contribution is 9.10. The Morgan fingerprint density at radius 3 is 2.94 bits per heavy atom. The van der Waals surface area contributed by atoms with Gasteiger partial charge in [-0.05, 0) is 54.2 Å². The SMILES string of the molecule is O=C(O)c1cc(Br)cn1C1CCN2CCCC2C1. The summed E-state index contributed by atoms with van der Waals surface area (Å²) in [5, 5.41) is 9.24. The summed E-state index contributed by atoms with van der Waals surface area (Å²) in [7, 11) is 0. The molecule has 3 rings (SSSR count). The number of piperidine rings is 1. The van der Waals surface area contributed by atoms with Crippen LogP contribution in [0.1, 0.15) is 42.2 Å². The Hall–Kier alpha value is -0.810. The molecule has 2 aliphatic rings. The molecule has 0 spiro atoms. The zero-order valence-electron chi connectivity index (χ0n) is 10.2. The van der Waals surface area contributed by atoms with E-state index >= 15 is 0 Å². The van der Waals surface area contributed by atoms with E-state index in [1.54, 1.807) is 6.07 Å². The molecule has 0 saturated carbocycles. The van der Waals surface area contributed by atoms with Gasteiger partial charge in [0, 0.05) is 29.3 Å². The van der Waals surface area contributed by atoms with Crippen molar-refractivity contribution in [2.24, 2.45) is 0 Å². The van der Waals surface area contributed by atoms with Crippen LogP contribution in [0.4, 0.5) is 0 Å². The number of hydrogen-bond donors (Lipinski definition) is 1. The van der Waals surface area contributed by atoms with E-state index in [0.29, 0.717) is 17.8 Å². The molecule has 1 aromatic heterocycles. The number of halogens is 1. The Labute approximate surface area is 115 Å². The first-order chi connectivity index (χ1) is 8.65. The second kappa shape index (κ2) is 4.70. The third kappa shape index (κ3) is 2.10. The van der Waals surface area contributed by atoms with Crippen LogP contribution in [0.25, 0.3) is 0 Å². The smallest absolute Gasteiger partial charge is 0.352 e. The summed E-state index contributed by atoms with van der Waals surface area (Å²) in [5.74, 6) is -0.838. The maximum Gasteiger partial charge on any atom is 0.352 e. The molecule has 0 bridgehead atoms. The summed E-state index contributed by atoms with van der Waals surface area (Å²) in [4.78, 5) is 13.8. The molecule has 1 N–H and O–H groups in total. The average Bonchev–Trinajstić information content (AvgIpc) is 2.93. The van der Waals surface area contributed by atoms with E-state index in [0.717, 1.165) is 23.9 Å². The fourth-order valence-corrected chi connectivity index (χ4v) is 3.81. The van der Waals surface area contributed by atoms with E-state index in [2.05, 4.69) is 20.8 Å². The van der Waals surface area contributed by atoms with E-state index in [9.17, 15) is 9.90 Å². The van der Waals surface area contributed by atoms with Crippen molar-refractivity contribution in [3.8, 4) is 0 Å². The van der Waals surface area contributed by atoms with E-state index in [1.165, 1.54) is 19.4 Å². The number of fused-ring (bicyclic) bond motifs is 1. The topological polar surface area (TPSA) is 45.5 Å². The van der Waals surface area contributed by atoms with Crippen molar-refractivity contribution in [3.05, 3.63) is 22.4 Å². The van der Waals surface area contributed by atoms with Gasteiger partial charge in [-0.3, -0.25) is 0 Å². The molecule has 0 amide bonds. The minimum Gasteiger partial charge on any atom is -0.477 e. The first kappa shape index (κ1) is 12.2. The molecule has 1 aromatic rings. The minimum absolute atomic E-state index is 0.335. The highest BCUT2D eigenvalue weighted by Crippen LogP contribution is 2.34. The Bertz CT molecular complexity index is 472. The van der Waals surface area contributed by atoms with Crippen LogP contribution in [-0.2, 0) is 0 Å². The van der Waals surface area contributed by atoms with Gasteiger partial charge in [0.2, 0.25) is 0 Å². The standard InChI is InChI=1S/C13H17BrN2O2/c14-9-6-12(13(17)18)16(8-9)11-3-5-15-4-1-2-10(15)7-11/h6,8,10-11H,1-5,7H2,(H,17,18). The second-order valence-corrected chi connectivity index (χ2v) is 6.18. The quantitative estimate of drug-likeness (QED) is 0.913. The normalized spacial score (nSPS) is 28.3. The highest BCUT2D eigenvalue weighted by Gasteiger charge is 2.33. The van der Waals surface area contributed by atoms with Gasteiger partial charge < -0.3 is 14.6 Å². The minimum atomic E-state index is -0.838. The summed E-state index contributed by atoms with van der Waals surface area (Å²) in [5.41, 5.74) is 0.401. The molecule has 2 unspecified atom stereocenters. The van der Waals surface area contributed by atoms with Crippen LogP contribution in [0.2, 0.25) is 0 Å². The molecule has 0 radical (unpaired) electrons. The Kier molecular flexibility index (Phi) is 3.20. The molecular weight excluding hydrogens is 296 g/mol. The molecular formula is C13H17BrN2O2. The number of aromatic carboxylic acids is 1. The molecule has 2 aliphatic heterocycles. The zero-order valence-corrected chi connectivity index (χ0v) is 11.8. The molecule has 2 saturated heterocycles. The van der Waals surface area contributed by atoms with Crippen molar-refractivity contribution in [1.82, 2.24) is 9.47 Å². The molecule has 2 atom stereocenters. The lowest BCUT2D eigenvalue weighted by molar-refractivity contribution is 0.0675. The summed E-state index contributed by atoms with van der Waals surface area (Å²) in [6.07, 6.45) is 6.61. The largest absolute Gasteiger partial charge is 0.477 e. The fraction of sp³-hybridized carbons (Fsp3) is 0.615. The van der Waals surface area contributed by atoms with Crippen LogP contribution in [0, 0.1) is 0 Å². The van der Waals surface area contributed by atoms with Gasteiger partial charge in [0.1, 0.15) is 5.69 Å². The van der Waals surface area contributed by atoms with Gasteiger partial charge in [0.05, 0.1) is 0 Å². The van der Waals surface area contributed by atoms with Crippen LogP contribution in [0.3, 0.4) is 0 Å². The highest BCUT2D eigenvalue weighted by atomic mass is 79.9. The van der Waals surface area contributed by atoms with Gasteiger partial charge in [-0.15, -0.1) is 0 Å². The van der Waals surface area contributed by atoms with Crippen molar-refractivity contribution >= 4 is 21.9 Å². The van der Waals surface area contributed by atoms with Crippen LogP contribution in [0.15, 0.2) is 16.7 Å². The first-order valence-electron chi connectivity index (χ1n) is 6.50. The predicted octanol–water partition coefficient (Wildman–Crippen LogP) is 2.75. The summed E-state index contributed by atoms with van der Waals surface area (Å²) < 4.78 is 2.80. The Morgan fingerprint density at radius 1 is 1.33 bits per heavy atom. The van der Waals surface area contributed by atoms with E-state index in [1.807, 2.05) is 10.8 Å². The van der Waals surface area contributed by atoms with Crippen molar-refractivity contribution in [3.63, 3.8) is 0 Å². The van der Waals surface area contributed by atoms with Crippen LogP contribution in [0.5, 0.6) is 0 Å². The molecule has 18 heavy (non-hydrogen) atoms. The molecule has 0 aliphatic carbocycles. The molecule has 3 heterocycles. The van der Waals surface area contributed by atoms with Gasteiger partial charge in [-0.1, -0.05) is 0 Å². The molecule has 98 valence electrons. The van der Waals surface area contributed by atoms with Crippen LogP contribution < -0.4 is 0 Å². The second-order valence-electron chi connectivity index (χ2n) is 5.27. The van der Waals surface area contributed by atoms with Gasteiger partial charge in [-0.25, -0.2) is 4.79 Å². The van der Waals surface area contributed by atoms with E-state index in [-0.39, 0.29) is 0 Å². The molecule has 2 fully saturated rings. The third-order valence-electron chi connectivity index (χ3n) is 4.22. The summed E-state index contributed by atoms with van der Waals surface area (Å²) >= 11 is 3.38. The van der Waals surface area contributed by atoms with E-state index in [4.69, 9.17) is 0 Å². The average molecular weight is 313 g/mol. The maximum atomic E-state index is 11.3. The predicted molar refractivity (Wildman–Crippen MR) is 72.0 cm³/mol. The third-order valence-corrected chi connectivity index (χ3v) is 4.65. The first-order valence-corrected chi connectivity index (χ1v) is 7.29. The number of nitrogens with zero attached hydrogens (tertiary/aromatic N) is 2. The van der Waals surface area contributed by atoms with Crippen molar-refractivity contribution < 1.29 is 9.90 Å². The van der Waals surface area contributed by atoms with Gasteiger partial charge in [0.15, 0.2) is 0 Å². The van der Waals surface area contributed by atoms with Crippen molar-refractivity contribution in [1.29, 1.82) is 0 Å². The lowest BCUT2D eigenvalue weighted by Gasteiger charge is -2.35. The van der Waals surface area contributed by atoms with Crippen LogP contribution in [-0.4, -0.2) is 39.7 Å². The summed E-state index contributed by atoms with van der Waals surface area (Å²) in [6, 6.07) is 2.69. The molecule has 4 nitrogen and oxygen atoms in total. The zero-order chi connectivity index (χ0) is 12.7. The number of carboxylic acid groups (broad SMARTS) is 1. The summed E-state index contributed by atoms with van der Waals surface area (Å²) in [6.45, 7) is 2.32. The number of carboxylic acids is 1. The number of carbonyl (C=O) groups is 1. The Balaban J connectivity index is 1.84. The van der Waals surface area contributed by atoms with Gasteiger partial charge >= 0.3 is 5.97 Å². The fourth-order valence-electron chi connectivity index (χ4n) is 3.37. The van der Waals surface area contributed by atoms with Crippen LogP contribution >= 0.6 is 15.9 Å². The monoisotopic (exact) mass is 312 g/mol. The lowest BCUT2D eigenvalue weighted by Crippen LogP contribution is -2.39. The Morgan fingerprint density at radius 2 is 2.17 bits per heavy atom. The van der Waals surface area contributed by atoms with Crippen molar-refractivity contribution in [2.45, 2.75) is 37.8 Å². The van der Waals surface area contributed by atoms with Gasteiger partial charge in [-0.2, -0.15) is 0 Å². The number of aromatic nitrogens is 1. The maximum absolute atomic E-state index is 11.3. The van der Waals surface area contributed by atoms with Gasteiger partial charge in [0.25, 0.3) is 0 Å². The van der Waals surface area contributed by atoms with Crippen molar-refractivity contribution in [2.75, 3.05) is 13.1 Å². The molecule has 5 heteroatoms. The number of hydrogen-bond acceptors (Lipinski definition) is 2. The molecule has 0 aromatic carbocycles. The number of rotatable bonds is 2. The lowest BCUT2D eigenvalue weighted by atomic mass is 9.97.